The van der Waals surface area contributed by atoms with E-state index < -0.39 is 0 Å². The van der Waals surface area contributed by atoms with E-state index in [0.29, 0.717) is 5.82 Å². The zero-order chi connectivity index (χ0) is 19.2. The van der Waals surface area contributed by atoms with Crippen molar-refractivity contribution in [1.29, 1.82) is 0 Å². The minimum Gasteiger partial charge on any atom is -0.497 e. The number of nitrogens with zero attached hydrogens (tertiary/aromatic N) is 2. The van der Waals surface area contributed by atoms with Crippen LogP contribution in [0.5, 0.6) is 5.75 Å². The number of anilines is 1. The van der Waals surface area contributed by atoms with Gasteiger partial charge in [0.25, 0.3) is 0 Å². The number of carbonyl (C=O) groups is 1. The van der Waals surface area contributed by atoms with Crippen molar-refractivity contribution in [3.05, 3.63) is 64.8 Å². The first kappa shape index (κ1) is 19.4. The molecule has 0 aliphatic rings. The standard InChI is InChI=1S/C20H18BrN3O2S/c1-13-11-19(24-20(22-13)14-3-9-17(26-2)10-4-14)27-12-18(25)23-16-7-5-15(21)6-8-16/h3-11H,12H2,1-2H3,(H,23,25). The molecule has 0 aliphatic heterocycles. The van der Waals surface area contributed by atoms with Gasteiger partial charge in [-0.05, 0) is 61.5 Å². The summed E-state index contributed by atoms with van der Waals surface area (Å²) >= 11 is 4.76. The summed E-state index contributed by atoms with van der Waals surface area (Å²) in [6.07, 6.45) is 0. The smallest absolute Gasteiger partial charge is 0.234 e. The van der Waals surface area contributed by atoms with E-state index in [0.717, 1.165) is 32.2 Å². The zero-order valence-corrected chi connectivity index (χ0v) is 17.3. The van der Waals surface area contributed by atoms with Crippen LogP contribution >= 0.6 is 27.7 Å². The lowest BCUT2D eigenvalue weighted by molar-refractivity contribution is -0.113. The molecule has 0 saturated heterocycles. The number of thioether (sulfide) groups is 1. The molecule has 0 radical (unpaired) electrons. The Hall–Kier alpha value is -2.38. The molecule has 2 aromatic carbocycles. The maximum Gasteiger partial charge on any atom is 0.234 e. The molecule has 0 unspecified atom stereocenters. The molecule has 0 bridgehead atoms. The van der Waals surface area contributed by atoms with E-state index in [9.17, 15) is 4.79 Å². The summed E-state index contributed by atoms with van der Waals surface area (Å²) in [5.41, 5.74) is 2.52. The van der Waals surface area contributed by atoms with Crippen LogP contribution in [0.3, 0.4) is 0 Å². The molecule has 0 saturated carbocycles. The highest BCUT2D eigenvalue weighted by atomic mass is 79.9. The summed E-state index contributed by atoms with van der Waals surface area (Å²) in [6, 6.07) is 16.9. The normalized spacial score (nSPS) is 10.5. The summed E-state index contributed by atoms with van der Waals surface area (Å²) in [4.78, 5) is 21.2. The van der Waals surface area contributed by atoms with Crippen molar-refractivity contribution in [2.75, 3.05) is 18.2 Å². The van der Waals surface area contributed by atoms with Gasteiger partial charge in [0.1, 0.15) is 10.8 Å². The molecule has 0 aliphatic carbocycles. The summed E-state index contributed by atoms with van der Waals surface area (Å²) in [5, 5.41) is 3.64. The van der Waals surface area contributed by atoms with E-state index >= 15 is 0 Å². The Morgan fingerprint density at radius 3 is 2.48 bits per heavy atom. The van der Waals surface area contributed by atoms with E-state index in [1.807, 2.05) is 61.5 Å². The average molecular weight is 444 g/mol. The van der Waals surface area contributed by atoms with Crippen LogP contribution in [0, 0.1) is 6.92 Å². The number of halogens is 1. The Morgan fingerprint density at radius 2 is 1.81 bits per heavy atom. The van der Waals surface area contributed by atoms with Gasteiger partial charge in [-0.2, -0.15) is 0 Å². The highest BCUT2D eigenvalue weighted by Gasteiger charge is 2.09. The third kappa shape index (κ3) is 5.55. The van der Waals surface area contributed by atoms with Crippen molar-refractivity contribution in [2.24, 2.45) is 0 Å². The number of aryl methyl sites for hydroxylation is 1. The van der Waals surface area contributed by atoms with Gasteiger partial charge in [-0.3, -0.25) is 4.79 Å². The monoisotopic (exact) mass is 443 g/mol. The Balaban J connectivity index is 1.66. The summed E-state index contributed by atoms with van der Waals surface area (Å²) in [6.45, 7) is 1.92. The first-order chi connectivity index (χ1) is 13.0. The number of amides is 1. The quantitative estimate of drug-likeness (QED) is 0.431. The molecular weight excluding hydrogens is 426 g/mol. The molecule has 1 amide bonds. The maximum atomic E-state index is 12.2. The van der Waals surface area contributed by atoms with Gasteiger partial charge < -0.3 is 10.1 Å². The summed E-state index contributed by atoms with van der Waals surface area (Å²) < 4.78 is 6.15. The minimum atomic E-state index is -0.0791. The molecule has 1 N–H and O–H groups in total. The Bertz CT molecular complexity index is 931. The van der Waals surface area contributed by atoms with Crippen LogP contribution in [-0.4, -0.2) is 28.7 Å². The first-order valence-corrected chi connectivity index (χ1v) is 9.99. The predicted molar refractivity (Wildman–Crippen MR) is 112 cm³/mol. The van der Waals surface area contributed by atoms with Crippen LogP contribution in [-0.2, 0) is 4.79 Å². The highest BCUT2D eigenvalue weighted by Crippen LogP contribution is 2.23. The SMILES string of the molecule is COc1ccc(-c2nc(C)cc(SCC(=O)Nc3ccc(Br)cc3)n2)cc1. The largest absolute Gasteiger partial charge is 0.497 e. The van der Waals surface area contributed by atoms with E-state index in [1.54, 1.807) is 7.11 Å². The third-order valence-electron chi connectivity index (χ3n) is 3.66. The van der Waals surface area contributed by atoms with Crippen molar-refractivity contribution >= 4 is 39.3 Å². The minimum absolute atomic E-state index is 0.0791. The zero-order valence-electron chi connectivity index (χ0n) is 14.9. The molecule has 5 nitrogen and oxygen atoms in total. The van der Waals surface area contributed by atoms with Crippen molar-refractivity contribution < 1.29 is 9.53 Å². The van der Waals surface area contributed by atoms with E-state index in [4.69, 9.17) is 4.74 Å². The van der Waals surface area contributed by atoms with Gasteiger partial charge in [0.05, 0.1) is 12.9 Å². The Kier molecular flexibility index (Phi) is 6.47. The Labute approximate surface area is 170 Å². The lowest BCUT2D eigenvalue weighted by Crippen LogP contribution is -2.14. The number of aromatic nitrogens is 2. The van der Waals surface area contributed by atoms with Gasteiger partial charge in [-0.1, -0.05) is 27.7 Å². The van der Waals surface area contributed by atoms with Crippen molar-refractivity contribution in [2.45, 2.75) is 11.9 Å². The van der Waals surface area contributed by atoms with Gasteiger partial charge in [-0.15, -0.1) is 0 Å². The van der Waals surface area contributed by atoms with Gasteiger partial charge in [0.2, 0.25) is 5.91 Å². The first-order valence-electron chi connectivity index (χ1n) is 8.22. The molecular formula is C20H18BrN3O2S. The topological polar surface area (TPSA) is 64.1 Å². The fraction of sp³-hybridized carbons (Fsp3) is 0.150. The second-order valence-corrected chi connectivity index (χ2v) is 7.65. The number of ether oxygens (including phenoxy) is 1. The van der Waals surface area contributed by atoms with Crippen LogP contribution in [0.1, 0.15) is 5.69 Å². The molecule has 27 heavy (non-hydrogen) atoms. The molecule has 1 heterocycles. The van der Waals surface area contributed by atoms with Crippen molar-refractivity contribution in [3.8, 4) is 17.1 Å². The summed E-state index contributed by atoms with van der Waals surface area (Å²) in [7, 11) is 1.63. The number of benzene rings is 2. The van der Waals surface area contributed by atoms with E-state index in [-0.39, 0.29) is 11.7 Å². The Morgan fingerprint density at radius 1 is 1.11 bits per heavy atom. The summed E-state index contributed by atoms with van der Waals surface area (Å²) in [5.74, 6) is 1.61. The number of hydrogen-bond acceptors (Lipinski definition) is 5. The number of rotatable bonds is 6. The molecule has 0 atom stereocenters. The van der Waals surface area contributed by atoms with Gasteiger partial charge in [-0.25, -0.2) is 9.97 Å². The molecule has 138 valence electrons. The van der Waals surface area contributed by atoms with Gasteiger partial charge in [0, 0.05) is 21.4 Å². The van der Waals surface area contributed by atoms with Crippen LogP contribution in [0.2, 0.25) is 0 Å². The maximum absolute atomic E-state index is 12.2. The van der Waals surface area contributed by atoms with E-state index in [1.165, 1.54) is 11.8 Å². The van der Waals surface area contributed by atoms with Gasteiger partial charge >= 0.3 is 0 Å². The molecule has 3 rings (SSSR count). The molecule has 0 spiro atoms. The van der Waals surface area contributed by atoms with Gasteiger partial charge in [0.15, 0.2) is 5.82 Å². The fourth-order valence-corrected chi connectivity index (χ4v) is 3.37. The number of hydrogen-bond donors (Lipinski definition) is 1. The predicted octanol–water partition coefficient (Wildman–Crippen LogP) is 4.95. The average Bonchev–Trinajstić information content (AvgIpc) is 2.68. The molecule has 7 heteroatoms. The van der Waals surface area contributed by atoms with Crippen LogP contribution < -0.4 is 10.1 Å². The molecule has 1 aromatic heterocycles. The number of carbonyl (C=O) groups excluding carboxylic acids is 1. The second kappa shape index (κ2) is 9.01. The highest BCUT2D eigenvalue weighted by molar-refractivity contribution is 9.10. The van der Waals surface area contributed by atoms with Crippen molar-refractivity contribution in [3.63, 3.8) is 0 Å². The molecule has 0 fully saturated rings. The third-order valence-corrected chi connectivity index (χ3v) is 5.10. The lowest BCUT2D eigenvalue weighted by atomic mass is 10.2. The fourth-order valence-electron chi connectivity index (χ4n) is 2.35. The van der Waals surface area contributed by atoms with Crippen LogP contribution in [0.25, 0.3) is 11.4 Å². The van der Waals surface area contributed by atoms with E-state index in [2.05, 4.69) is 31.2 Å². The number of methoxy groups -OCH3 is 1. The number of nitrogens with one attached hydrogen (secondary N) is 1. The lowest BCUT2D eigenvalue weighted by Gasteiger charge is -2.08. The second-order valence-electron chi connectivity index (χ2n) is 5.74. The van der Waals surface area contributed by atoms with Crippen LogP contribution in [0.15, 0.2) is 64.1 Å². The van der Waals surface area contributed by atoms with Crippen LogP contribution in [0.4, 0.5) is 5.69 Å². The molecule has 3 aromatic rings. The van der Waals surface area contributed by atoms with Crippen molar-refractivity contribution in [1.82, 2.24) is 9.97 Å².